The second-order valence-corrected chi connectivity index (χ2v) is 8.32. The van der Waals surface area contributed by atoms with Crippen molar-refractivity contribution in [1.29, 1.82) is 0 Å². The topological polar surface area (TPSA) is 0 Å². The molecule has 0 amide bonds. The minimum absolute atomic E-state index is 0.0766. The molecule has 0 aliphatic rings. The van der Waals surface area contributed by atoms with Gasteiger partial charge in [-0.05, 0) is 38.6 Å². The molecular weight excluding hydrogens is 288 g/mol. The highest BCUT2D eigenvalue weighted by Gasteiger charge is 2.25. The van der Waals surface area contributed by atoms with Gasteiger partial charge in [0.2, 0.25) is 0 Å². The van der Waals surface area contributed by atoms with Gasteiger partial charge in [-0.3, -0.25) is 0 Å². The molecule has 118 valence electrons. The molecule has 0 atom stereocenters. The molecule has 0 spiro atoms. The normalized spacial score (nSPS) is 12.5. The first-order valence-electron chi connectivity index (χ1n) is 7.94. The number of rotatable bonds is 2. The van der Waals surface area contributed by atoms with E-state index in [9.17, 15) is 0 Å². The van der Waals surface area contributed by atoms with Gasteiger partial charge in [0.1, 0.15) is 0 Å². The average Bonchev–Trinajstić information content (AvgIpc) is 2.44. The summed E-state index contributed by atoms with van der Waals surface area (Å²) < 4.78 is 0. The third-order valence-corrected chi connectivity index (χ3v) is 4.39. The zero-order chi connectivity index (χ0) is 16.5. The lowest BCUT2D eigenvalue weighted by Gasteiger charge is -2.29. The Morgan fingerprint density at radius 2 is 1.41 bits per heavy atom. The lowest BCUT2D eigenvalue weighted by Crippen LogP contribution is -2.18. The Kier molecular flexibility index (Phi) is 4.73. The van der Waals surface area contributed by atoms with Crippen LogP contribution >= 0.6 is 11.6 Å². The summed E-state index contributed by atoms with van der Waals surface area (Å²) in [6.07, 6.45) is 0. The number of hydrogen-bond donors (Lipinski definition) is 0. The zero-order valence-corrected chi connectivity index (χ0v) is 15.4. The highest BCUT2D eigenvalue weighted by atomic mass is 35.5. The van der Waals surface area contributed by atoms with E-state index in [1.54, 1.807) is 0 Å². The standard InChI is InChI=1S/C21H27Cl/c1-20(2,3)17-12-16(14-22)19(15-10-8-7-9-11-15)18(13-17)21(4,5)6/h7-13H,14H2,1-6H3. The molecule has 0 fully saturated rings. The Bertz CT molecular complexity index is 640. The fraction of sp³-hybridized carbons (Fsp3) is 0.429. The van der Waals surface area contributed by atoms with Crippen molar-refractivity contribution in [1.82, 2.24) is 0 Å². The third kappa shape index (κ3) is 3.55. The van der Waals surface area contributed by atoms with Gasteiger partial charge in [0, 0.05) is 5.88 Å². The molecule has 0 aromatic heterocycles. The maximum absolute atomic E-state index is 6.33. The first kappa shape index (κ1) is 17.1. The molecule has 0 saturated heterocycles. The summed E-state index contributed by atoms with van der Waals surface area (Å²) in [6.45, 7) is 13.6. The second kappa shape index (κ2) is 6.08. The highest BCUT2D eigenvalue weighted by Crippen LogP contribution is 2.39. The van der Waals surface area contributed by atoms with Gasteiger partial charge >= 0.3 is 0 Å². The summed E-state index contributed by atoms with van der Waals surface area (Å²) in [7, 11) is 0. The van der Waals surface area contributed by atoms with Crippen LogP contribution in [0.15, 0.2) is 42.5 Å². The first-order valence-corrected chi connectivity index (χ1v) is 8.47. The minimum atomic E-state index is 0.0766. The van der Waals surface area contributed by atoms with Gasteiger partial charge < -0.3 is 0 Å². The SMILES string of the molecule is CC(C)(C)c1cc(CCl)c(-c2ccccc2)c(C(C)(C)C)c1. The number of halogens is 1. The van der Waals surface area contributed by atoms with Gasteiger partial charge in [0.15, 0.2) is 0 Å². The molecule has 22 heavy (non-hydrogen) atoms. The van der Waals surface area contributed by atoms with E-state index in [1.807, 2.05) is 0 Å². The molecule has 0 saturated carbocycles. The van der Waals surface area contributed by atoms with Crippen molar-refractivity contribution < 1.29 is 0 Å². The quantitative estimate of drug-likeness (QED) is 0.542. The molecule has 0 bridgehead atoms. The van der Waals surface area contributed by atoms with E-state index in [0.717, 1.165) is 0 Å². The van der Waals surface area contributed by atoms with Crippen molar-refractivity contribution in [2.24, 2.45) is 0 Å². The van der Waals surface area contributed by atoms with Crippen LogP contribution in [0.4, 0.5) is 0 Å². The maximum atomic E-state index is 6.33. The Hall–Kier alpha value is -1.27. The van der Waals surface area contributed by atoms with Gasteiger partial charge in [-0.2, -0.15) is 0 Å². The molecule has 2 rings (SSSR count). The van der Waals surface area contributed by atoms with Gasteiger partial charge in [0.25, 0.3) is 0 Å². The molecule has 2 aromatic rings. The third-order valence-electron chi connectivity index (χ3n) is 4.10. The second-order valence-electron chi connectivity index (χ2n) is 8.06. The van der Waals surface area contributed by atoms with Gasteiger partial charge in [-0.15, -0.1) is 11.6 Å². The van der Waals surface area contributed by atoms with Crippen molar-refractivity contribution in [2.45, 2.75) is 58.3 Å². The molecule has 1 heteroatoms. The summed E-state index contributed by atoms with van der Waals surface area (Å²) in [5.74, 6) is 0.539. The monoisotopic (exact) mass is 314 g/mol. The van der Waals surface area contributed by atoms with E-state index in [4.69, 9.17) is 11.6 Å². The van der Waals surface area contributed by atoms with Crippen molar-refractivity contribution in [3.8, 4) is 11.1 Å². The molecule has 0 aliphatic carbocycles. The largest absolute Gasteiger partial charge is 0.122 e. The molecule has 0 nitrogen and oxygen atoms in total. The van der Waals surface area contributed by atoms with Crippen LogP contribution in [0.5, 0.6) is 0 Å². The molecule has 0 radical (unpaired) electrons. The Labute approximate surface area is 140 Å². The van der Waals surface area contributed by atoms with E-state index in [2.05, 4.69) is 84.0 Å². The van der Waals surface area contributed by atoms with E-state index in [0.29, 0.717) is 5.88 Å². The number of benzene rings is 2. The number of alkyl halides is 1. The van der Waals surface area contributed by atoms with Gasteiger partial charge in [0.05, 0.1) is 0 Å². The lowest BCUT2D eigenvalue weighted by atomic mass is 9.75. The van der Waals surface area contributed by atoms with Crippen molar-refractivity contribution in [3.63, 3.8) is 0 Å². The predicted octanol–water partition coefficient (Wildman–Crippen LogP) is 6.69. The molecular formula is C21H27Cl. The van der Waals surface area contributed by atoms with E-state index < -0.39 is 0 Å². The smallest absolute Gasteiger partial charge is 0.0480 e. The van der Waals surface area contributed by atoms with Crippen LogP contribution in [0.25, 0.3) is 11.1 Å². The van der Waals surface area contributed by atoms with E-state index >= 15 is 0 Å². The summed E-state index contributed by atoms with van der Waals surface area (Å²) in [4.78, 5) is 0. The van der Waals surface area contributed by atoms with Crippen LogP contribution in [0, 0.1) is 0 Å². The first-order chi connectivity index (χ1) is 10.1. The molecule has 0 heterocycles. The van der Waals surface area contributed by atoms with Gasteiger partial charge in [-0.25, -0.2) is 0 Å². The average molecular weight is 315 g/mol. The summed E-state index contributed by atoms with van der Waals surface area (Å²) in [5, 5.41) is 0. The van der Waals surface area contributed by atoms with Crippen LogP contribution in [0.3, 0.4) is 0 Å². The maximum Gasteiger partial charge on any atom is 0.0480 e. The molecule has 0 unspecified atom stereocenters. The van der Waals surface area contributed by atoms with Crippen LogP contribution in [0.1, 0.15) is 58.2 Å². The summed E-state index contributed by atoms with van der Waals surface area (Å²) in [6, 6.07) is 15.3. The van der Waals surface area contributed by atoms with Crippen LogP contribution in [-0.2, 0) is 16.7 Å². The minimum Gasteiger partial charge on any atom is -0.122 e. The zero-order valence-electron chi connectivity index (χ0n) is 14.6. The predicted molar refractivity (Wildman–Crippen MR) is 98.8 cm³/mol. The van der Waals surface area contributed by atoms with Crippen molar-refractivity contribution >= 4 is 11.6 Å². The molecule has 0 aliphatic heterocycles. The molecule has 0 N–H and O–H groups in total. The van der Waals surface area contributed by atoms with Crippen LogP contribution in [-0.4, -0.2) is 0 Å². The molecule has 2 aromatic carbocycles. The van der Waals surface area contributed by atoms with Crippen molar-refractivity contribution in [3.05, 3.63) is 59.2 Å². The number of hydrogen-bond acceptors (Lipinski definition) is 0. The highest BCUT2D eigenvalue weighted by molar-refractivity contribution is 6.17. The fourth-order valence-corrected chi connectivity index (χ4v) is 2.99. The van der Waals surface area contributed by atoms with E-state index in [-0.39, 0.29) is 10.8 Å². The van der Waals surface area contributed by atoms with Crippen molar-refractivity contribution in [2.75, 3.05) is 0 Å². The lowest BCUT2D eigenvalue weighted by molar-refractivity contribution is 0.568. The summed E-state index contributed by atoms with van der Waals surface area (Å²) >= 11 is 6.33. The Balaban J connectivity index is 2.81. The fourth-order valence-electron chi connectivity index (χ4n) is 2.78. The summed E-state index contributed by atoms with van der Waals surface area (Å²) in [5.41, 5.74) is 6.71. The van der Waals surface area contributed by atoms with Gasteiger partial charge in [-0.1, -0.05) is 84.0 Å². The Morgan fingerprint density at radius 3 is 1.86 bits per heavy atom. The van der Waals surface area contributed by atoms with E-state index in [1.165, 1.54) is 27.8 Å². The Morgan fingerprint density at radius 1 is 0.818 bits per heavy atom. The van der Waals surface area contributed by atoms with Crippen LogP contribution < -0.4 is 0 Å². The van der Waals surface area contributed by atoms with Crippen LogP contribution in [0.2, 0.25) is 0 Å².